The van der Waals surface area contributed by atoms with Gasteiger partial charge in [-0.3, -0.25) is 9.05 Å². The third-order valence-electron chi connectivity index (χ3n) is 5.29. The second-order valence-electron chi connectivity index (χ2n) is 6.97. The van der Waals surface area contributed by atoms with E-state index < -0.39 is 26.1 Å². The molecule has 3 unspecified atom stereocenters. The third-order valence-corrected chi connectivity index (χ3v) is 6.27. The SMILES string of the molecule is COC[C@H]1O[C@@H](C)C(C)[C@H]1OP(=O)(O)OC[C@H]1O[C@@H](C)C(C)[C@H]1OC. The molecular formula is C16H31O8P. The minimum atomic E-state index is -4.27. The first-order valence-corrected chi connectivity index (χ1v) is 10.2. The molecule has 0 spiro atoms. The van der Waals surface area contributed by atoms with Crippen molar-refractivity contribution in [3.05, 3.63) is 0 Å². The first kappa shape index (κ1) is 21.3. The molecule has 0 aromatic rings. The number of phosphoric acid groups is 1. The monoisotopic (exact) mass is 382 g/mol. The second-order valence-corrected chi connectivity index (χ2v) is 8.37. The molecular weight excluding hydrogens is 351 g/mol. The van der Waals surface area contributed by atoms with Crippen LogP contribution in [0.15, 0.2) is 0 Å². The molecule has 2 rings (SSSR count). The summed E-state index contributed by atoms with van der Waals surface area (Å²) < 4.78 is 45.1. The third kappa shape index (κ3) is 5.02. The van der Waals surface area contributed by atoms with Crippen molar-refractivity contribution in [1.82, 2.24) is 0 Å². The van der Waals surface area contributed by atoms with Gasteiger partial charge in [-0.05, 0) is 13.8 Å². The fourth-order valence-electron chi connectivity index (χ4n) is 3.48. The highest BCUT2D eigenvalue weighted by molar-refractivity contribution is 7.47. The van der Waals surface area contributed by atoms with Crippen LogP contribution in [0.1, 0.15) is 27.7 Å². The highest BCUT2D eigenvalue weighted by Crippen LogP contribution is 2.49. The van der Waals surface area contributed by atoms with E-state index in [4.69, 9.17) is 28.0 Å². The van der Waals surface area contributed by atoms with Crippen molar-refractivity contribution in [2.24, 2.45) is 11.8 Å². The van der Waals surface area contributed by atoms with Crippen LogP contribution in [0.2, 0.25) is 0 Å². The van der Waals surface area contributed by atoms with E-state index in [1.807, 2.05) is 27.7 Å². The lowest BCUT2D eigenvalue weighted by Gasteiger charge is -2.25. The molecule has 9 atom stereocenters. The quantitative estimate of drug-likeness (QED) is 0.637. The summed E-state index contributed by atoms with van der Waals surface area (Å²) in [6.07, 6.45) is -1.69. The van der Waals surface area contributed by atoms with Gasteiger partial charge in [-0.1, -0.05) is 13.8 Å². The van der Waals surface area contributed by atoms with E-state index in [0.29, 0.717) is 0 Å². The lowest BCUT2D eigenvalue weighted by Crippen LogP contribution is -2.33. The van der Waals surface area contributed by atoms with E-state index in [-0.39, 0.29) is 43.4 Å². The highest BCUT2D eigenvalue weighted by Gasteiger charge is 2.46. The molecule has 8 nitrogen and oxygen atoms in total. The normalized spacial score (nSPS) is 44.1. The fourth-order valence-corrected chi connectivity index (χ4v) is 4.51. The average Bonchev–Trinajstić information content (AvgIpc) is 2.97. The first-order valence-electron chi connectivity index (χ1n) is 8.68. The van der Waals surface area contributed by atoms with Crippen LogP contribution >= 0.6 is 7.82 Å². The largest absolute Gasteiger partial charge is 0.472 e. The van der Waals surface area contributed by atoms with Crippen LogP contribution in [0.5, 0.6) is 0 Å². The van der Waals surface area contributed by atoms with Crippen molar-refractivity contribution in [3.63, 3.8) is 0 Å². The predicted octanol–water partition coefficient (Wildman–Crippen LogP) is 2.00. The number of hydrogen-bond donors (Lipinski definition) is 1. The van der Waals surface area contributed by atoms with Crippen LogP contribution in [0.4, 0.5) is 0 Å². The molecule has 0 amide bonds. The van der Waals surface area contributed by atoms with Gasteiger partial charge in [0.15, 0.2) is 0 Å². The Labute approximate surface area is 149 Å². The van der Waals surface area contributed by atoms with Gasteiger partial charge >= 0.3 is 7.82 Å². The van der Waals surface area contributed by atoms with Crippen LogP contribution in [-0.2, 0) is 32.6 Å². The van der Waals surface area contributed by atoms with Gasteiger partial charge in [0.1, 0.15) is 18.3 Å². The zero-order chi connectivity index (χ0) is 18.8. The Morgan fingerprint density at radius 3 is 1.96 bits per heavy atom. The summed E-state index contributed by atoms with van der Waals surface area (Å²) in [5.74, 6) is 0.117. The molecule has 0 aromatic carbocycles. The van der Waals surface area contributed by atoms with Crippen molar-refractivity contribution in [2.75, 3.05) is 27.4 Å². The molecule has 0 bridgehead atoms. The molecule has 0 aromatic heterocycles. The number of hydrogen-bond acceptors (Lipinski definition) is 7. The topological polar surface area (TPSA) is 92.7 Å². The predicted molar refractivity (Wildman–Crippen MR) is 90.3 cm³/mol. The van der Waals surface area contributed by atoms with Gasteiger partial charge in [-0.15, -0.1) is 0 Å². The molecule has 0 radical (unpaired) electrons. The van der Waals surface area contributed by atoms with Gasteiger partial charge in [0.05, 0.1) is 31.5 Å². The summed E-state index contributed by atoms with van der Waals surface area (Å²) in [4.78, 5) is 10.1. The van der Waals surface area contributed by atoms with Crippen LogP contribution in [-0.4, -0.2) is 69.0 Å². The maximum Gasteiger partial charge on any atom is 0.472 e. The number of phosphoric ester groups is 1. The van der Waals surface area contributed by atoms with E-state index in [1.165, 1.54) is 0 Å². The summed E-state index contributed by atoms with van der Waals surface area (Å²) >= 11 is 0. The Kier molecular flexibility index (Phi) is 7.45. The van der Waals surface area contributed by atoms with Crippen molar-refractivity contribution in [1.29, 1.82) is 0 Å². The molecule has 2 aliphatic heterocycles. The van der Waals surface area contributed by atoms with Crippen molar-refractivity contribution < 1.29 is 37.5 Å². The van der Waals surface area contributed by atoms with Crippen molar-refractivity contribution in [3.8, 4) is 0 Å². The molecule has 2 saturated heterocycles. The molecule has 9 heteroatoms. The molecule has 2 fully saturated rings. The Morgan fingerprint density at radius 1 is 0.920 bits per heavy atom. The fraction of sp³-hybridized carbons (Fsp3) is 1.00. The van der Waals surface area contributed by atoms with Crippen LogP contribution < -0.4 is 0 Å². The van der Waals surface area contributed by atoms with Gasteiger partial charge in [0.2, 0.25) is 0 Å². The number of methoxy groups -OCH3 is 2. The second kappa shape index (κ2) is 8.76. The highest BCUT2D eigenvalue weighted by atomic mass is 31.2. The molecule has 2 aliphatic rings. The van der Waals surface area contributed by atoms with Crippen molar-refractivity contribution >= 4 is 7.82 Å². The van der Waals surface area contributed by atoms with E-state index in [0.717, 1.165) is 0 Å². The van der Waals surface area contributed by atoms with Gasteiger partial charge in [-0.2, -0.15) is 0 Å². The Bertz CT molecular complexity index is 475. The summed E-state index contributed by atoms with van der Waals surface area (Å²) in [7, 11) is -1.12. The Hall–Kier alpha value is -0.0500. The summed E-state index contributed by atoms with van der Waals surface area (Å²) in [5, 5.41) is 0. The van der Waals surface area contributed by atoms with E-state index in [9.17, 15) is 9.46 Å². The Balaban J connectivity index is 1.94. The smallest absolute Gasteiger partial charge is 0.382 e. The molecule has 148 valence electrons. The Morgan fingerprint density at radius 2 is 1.44 bits per heavy atom. The molecule has 0 aliphatic carbocycles. The number of rotatable bonds is 8. The van der Waals surface area contributed by atoms with Gasteiger partial charge < -0.3 is 23.8 Å². The lowest BCUT2D eigenvalue weighted by molar-refractivity contribution is -0.0458. The standard InChI is InChI=1S/C16H31O8P/c1-9-11(3)23-14(15(9)20-6)8-21-25(17,18)24-16-10(2)12(4)22-13(16)7-19-5/h9-16H,7-8H2,1-6H3,(H,17,18)/t9?,10?,11-,12-,13+,14+,15+,16+/m0/s1. The maximum atomic E-state index is 12.4. The minimum absolute atomic E-state index is 0.00673. The maximum absolute atomic E-state index is 12.4. The van der Waals surface area contributed by atoms with Crippen LogP contribution in [0.25, 0.3) is 0 Å². The van der Waals surface area contributed by atoms with Crippen LogP contribution in [0.3, 0.4) is 0 Å². The van der Waals surface area contributed by atoms with Crippen molar-refractivity contribution in [2.45, 2.75) is 64.3 Å². The lowest BCUT2D eigenvalue weighted by atomic mass is 9.99. The molecule has 2 heterocycles. The van der Waals surface area contributed by atoms with Crippen LogP contribution in [0, 0.1) is 11.8 Å². The minimum Gasteiger partial charge on any atom is -0.382 e. The first-order chi connectivity index (χ1) is 11.7. The summed E-state index contributed by atoms with van der Waals surface area (Å²) in [5.41, 5.74) is 0. The zero-order valence-electron chi connectivity index (χ0n) is 15.8. The van der Waals surface area contributed by atoms with E-state index >= 15 is 0 Å². The molecule has 0 saturated carbocycles. The molecule has 25 heavy (non-hydrogen) atoms. The van der Waals surface area contributed by atoms with Gasteiger partial charge in [0.25, 0.3) is 0 Å². The number of ether oxygens (including phenoxy) is 4. The van der Waals surface area contributed by atoms with E-state index in [1.54, 1.807) is 14.2 Å². The zero-order valence-corrected chi connectivity index (χ0v) is 16.7. The summed E-state index contributed by atoms with van der Waals surface area (Å²) in [6, 6.07) is 0. The van der Waals surface area contributed by atoms with E-state index in [2.05, 4.69) is 0 Å². The average molecular weight is 382 g/mol. The van der Waals surface area contributed by atoms with Gasteiger partial charge in [-0.25, -0.2) is 4.57 Å². The van der Waals surface area contributed by atoms with Gasteiger partial charge in [0, 0.05) is 26.1 Å². The molecule has 1 N–H and O–H groups in total. The summed E-state index contributed by atoms with van der Waals surface area (Å²) in [6.45, 7) is 7.98.